The van der Waals surface area contributed by atoms with Crippen LogP contribution in [0.4, 0.5) is 0 Å². The molecule has 1 fully saturated rings. The second-order valence-corrected chi connectivity index (χ2v) is 6.67. The molecule has 0 aromatic rings. The molecule has 16 heavy (non-hydrogen) atoms. The molecule has 1 unspecified atom stereocenters. The Morgan fingerprint density at radius 1 is 1.38 bits per heavy atom. The van der Waals surface area contributed by atoms with E-state index in [1.165, 1.54) is 0 Å². The highest BCUT2D eigenvalue weighted by molar-refractivity contribution is 7.90. The summed E-state index contributed by atoms with van der Waals surface area (Å²) in [5.41, 5.74) is -0.849. The summed E-state index contributed by atoms with van der Waals surface area (Å²) in [6.07, 6.45) is 0.664. The Morgan fingerprint density at radius 2 is 1.81 bits per heavy atom. The van der Waals surface area contributed by atoms with Crippen molar-refractivity contribution >= 4 is 16.0 Å². The average Bonchev–Trinajstić information content (AvgIpc) is 2.15. The Labute approximate surface area is 94.9 Å². The summed E-state index contributed by atoms with van der Waals surface area (Å²) >= 11 is 0. The first-order valence-electron chi connectivity index (χ1n) is 5.11. The molecule has 0 saturated carbocycles. The molecule has 0 spiro atoms. The first-order valence-corrected chi connectivity index (χ1v) is 6.61. The zero-order valence-corrected chi connectivity index (χ0v) is 10.2. The van der Waals surface area contributed by atoms with E-state index in [2.05, 4.69) is 0 Å². The van der Waals surface area contributed by atoms with E-state index in [4.69, 9.17) is 5.11 Å². The maximum atomic E-state index is 11.8. The lowest BCUT2D eigenvalue weighted by atomic mass is 9.95. The van der Waals surface area contributed by atoms with E-state index in [0.29, 0.717) is 12.8 Å². The number of carboxylic acids is 1. The maximum Gasteiger partial charge on any atom is 0.323 e. The lowest BCUT2D eigenvalue weighted by Gasteiger charge is -2.35. The van der Waals surface area contributed by atoms with Crippen molar-refractivity contribution in [3.8, 4) is 0 Å². The van der Waals surface area contributed by atoms with Gasteiger partial charge in [0.2, 0.25) is 10.0 Å². The van der Waals surface area contributed by atoms with Gasteiger partial charge in [-0.3, -0.25) is 4.79 Å². The zero-order chi connectivity index (χ0) is 12.6. The first-order chi connectivity index (χ1) is 7.17. The fraction of sp³-hybridized carbons (Fsp3) is 0.889. The number of rotatable bonds is 3. The van der Waals surface area contributed by atoms with Gasteiger partial charge in [-0.05, 0) is 26.7 Å². The number of hydrogen-bond acceptors (Lipinski definition) is 4. The predicted octanol–water partition coefficient (Wildman–Crippen LogP) is -0.364. The summed E-state index contributed by atoms with van der Waals surface area (Å²) in [4.78, 5) is 10.7. The molecule has 94 valence electrons. The number of carbonyl (C=O) groups is 1. The topological polar surface area (TPSA) is 94.9 Å². The molecule has 0 aromatic carbocycles. The van der Waals surface area contributed by atoms with Gasteiger partial charge >= 0.3 is 5.97 Å². The second-order valence-electron chi connectivity index (χ2n) is 4.42. The van der Waals surface area contributed by atoms with Crippen LogP contribution >= 0.6 is 0 Å². The molecular weight excluding hydrogens is 234 g/mol. The van der Waals surface area contributed by atoms with Gasteiger partial charge in [-0.25, -0.2) is 12.7 Å². The van der Waals surface area contributed by atoms with E-state index in [0.717, 1.165) is 11.2 Å². The second kappa shape index (κ2) is 4.31. The Kier molecular flexibility index (Phi) is 3.61. The van der Waals surface area contributed by atoms with Gasteiger partial charge < -0.3 is 10.2 Å². The van der Waals surface area contributed by atoms with E-state index in [1.54, 1.807) is 6.92 Å². The normalized spacial score (nSPS) is 23.9. The minimum Gasteiger partial charge on any atom is -0.480 e. The summed E-state index contributed by atoms with van der Waals surface area (Å²) in [6.45, 7) is 3.15. The highest BCUT2D eigenvalue weighted by atomic mass is 32.2. The first kappa shape index (κ1) is 13.4. The number of nitrogens with zero attached hydrogens (tertiary/aromatic N) is 1. The van der Waals surface area contributed by atoms with Gasteiger partial charge in [0, 0.05) is 13.1 Å². The van der Waals surface area contributed by atoms with Crippen molar-refractivity contribution in [3.63, 3.8) is 0 Å². The van der Waals surface area contributed by atoms with E-state index < -0.39 is 26.8 Å². The monoisotopic (exact) mass is 251 g/mol. The van der Waals surface area contributed by atoms with Crippen molar-refractivity contribution < 1.29 is 23.4 Å². The standard InChI is InChI=1S/C9H17NO5S/c1-7(8(11)12)16(14,15)10-5-3-9(2,13)4-6-10/h7,13H,3-6H2,1-2H3,(H,11,12). The maximum absolute atomic E-state index is 11.8. The van der Waals surface area contributed by atoms with Crippen LogP contribution in [-0.4, -0.2) is 52.8 Å². The van der Waals surface area contributed by atoms with E-state index in [9.17, 15) is 18.3 Å². The van der Waals surface area contributed by atoms with Crippen molar-refractivity contribution in [1.82, 2.24) is 4.31 Å². The van der Waals surface area contributed by atoms with Gasteiger partial charge in [0.25, 0.3) is 0 Å². The fourth-order valence-corrected chi connectivity index (χ4v) is 2.97. The van der Waals surface area contributed by atoms with E-state index >= 15 is 0 Å². The number of carboxylic acid groups (broad SMARTS) is 1. The predicted molar refractivity (Wildman–Crippen MR) is 57.4 cm³/mol. The third-order valence-electron chi connectivity index (χ3n) is 2.95. The van der Waals surface area contributed by atoms with Gasteiger partial charge in [0.05, 0.1) is 5.60 Å². The van der Waals surface area contributed by atoms with Gasteiger partial charge in [-0.2, -0.15) is 0 Å². The van der Waals surface area contributed by atoms with Crippen molar-refractivity contribution in [1.29, 1.82) is 0 Å². The number of hydrogen-bond donors (Lipinski definition) is 2. The molecule has 0 aromatic heterocycles. The molecule has 0 radical (unpaired) electrons. The highest BCUT2D eigenvalue weighted by Crippen LogP contribution is 2.24. The van der Waals surface area contributed by atoms with E-state index in [-0.39, 0.29) is 13.1 Å². The van der Waals surface area contributed by atoms with E-state index in [1.807, 2.05) is 0 Å². The molecule has 1 rings (SSSR count). The summed E-state index contributed by atoms with van der Waals surface area (Å²) in [7, 11) is -3.79. The lowest BCUT2D eigenvalue weighted by Crippen LogP contribution is -2.49. The Balaban J connectivity index is 2.77. The molecule has 2 N–H and O–H groups in total. The molecule has 0 aliphatic carbocycles. The minimum absolute atomic E-state index is 0.174. The number of sulfonamides is 1. The molecule has 1 heterocycles. The van der Waals surface area contributed by atoms with Gasteiger partial charge in [-0.1, -0.05) is 0 Å². The smallest absolute Gasteiger partial charge is 0.323 e. The molecule has 6 nitrogen and oxygen atoms in total. The third kappa shape index (κ3) is 2.72. The zero-order valence-electron chi connectivity index (χ0n) is 9.38. The Hall–Kier alpha value is -0.660. The van der Waals surface area contributed by atoms with Crippen LogP contribution in [0.5, 0.6) is 0 Å². The molecule has 0 bridgehead atoms. The quantitative estimate of drug-likeness (QED) is 0.714. The van der Waals surface area contributed by atoms with Crippen molar-refractivity contribution in [2.24, 2.45) is 0 Å². The molecule has 0 amide bonds. The van der Waals surface area contributed by atoms with Crippen LogP contribution < -0.4 is 0 Å². The number of aliphatic hydroxyl groups is 1. The van der Waals surface area contributed by atoms with Crippen molar-refractivity contribution in [2.45, 2.75) is 37.5 Å². The minimum atomic E-state index is -3.79. The third-order valence-corrected chi connectivity index (χ3v) is 5.13. The largest absolute Gasteiger partial charge is 0.480 e. The summed E-state index contributed by atoms with van der Waals surface area (Å²) in [6, 6.07) is 0. The van der Waals surface area contributed by atoms with Crippen LogP contribution in [0.15, 0.2) is 0 Å². The van der Waals surface area contributed by atoms with Gasteiger partial charge in [0.1, 0.15) is 0 Å². The van der Waals surface area contributed by atoms with Gasteiger partial charge in [0.15, 0.2) is 5.25 Å². The summed E-state index contributed by atoms with van der Waals surface area (Å²) < 4.78 is 24.7. The molecule has 1 saturated heterocycles. The number of aliphatic carboxylic acids is 1. The summed E-state index contributed by atoms with van der Waals surface area (Å²) in [5.74, 6) is -1.35. The van der Waals surface area contributed by atoms with Crippen LogP contribution in [0, 0.1) is 0 Å². The fourth-order valence-electron chi connectivity index (χ4n) is 1.57. The average molecular weight is 251 g/mol. The van der Waals surface area contributed by atoms with Crippen LogP contribution in [0.2, 0.25) is 0 Å². The molecule has 1 aliphatic rings. The Bertz CT molecular complexity index is 365. The van der Waals surface area contributed by atoms with Crippen LogP contribution in [-0.2, 0) is 14.8 Å². The molecular formula is C9H17NO5S. The van der Waals surface area contributed by atoms with Crippen LogP contribution in [0.3, 0.4) is 0 Å². The van der Waals surface area contributed by atoms with Crippen molar-refractivity contribution in [3.05, 3.63) is 0 Å². The number of piperidine rings is 1. The lowest BCUT2D eigenvalue weighted by molar-refractivity contribution is -0.136. The van der Waals surface area contributed by atoms with Crippen LogP contribution in [0.25, 0.3) is 0 Å². The SMILES string of the molecule is CC(C(=O)O)S(=O)(=O)N1CCC(C)(O)CC1. The molecule has 1 atom stereocenters. The highest BCUT2D eigenvalue weighted by Gasteiger charge is 2.38. The van der Waals surface area contributed by atoms with Crippen molar-refractivity contribution in [2.75, 3.05) is 13.1 Å². The summed E-state index contributed by atoms with van der Waals surface area (Å²) in [5, 5.41) is 16.9. The molecule has 7 heteroatoms. The molecule has 1 aliphatic heterocycles. The Morgan fingerprint density at radius 3 is 2.19 bits per heavy atom. The van der Waals surface area contributed by atoms with Crippen LogP contribution in [0.1, 0.15) is 26.7 Å². The van der Waals surface area contributed by atoms with Gasteiger partial charge in [-0.15, -0.1) is 0 Å².